The smallest absolute Gasteiger partial charge is 0.363 e. The summed E-state index contributed by atoms with van der Waals surface area (Å²) in [5.74, 6) is -2.25. The van der Waals surface area contributed by atoms with Gasteiger partial charge >= 0.3 is 10.3 Å². The van der Waals surface area contributed by atoms with Crippen LogP contribution in [-0.2, 0) is 28.7 Å². The second kappa shape index (κ2) is 12.9. The molecule has 4 heterocycles. The fourth-order valence-electron chi connectivity index (χ4n) is 5.27. The van der Waals surface area contributed by atoms with Crippen molar-refractivity contribution in [2.75, 3.05) is 25.4 Å². The number of aromatic hydroxyl groups is 1. The lowest BCUT2D eigenvalue weighted by Crippen LogP contribution is -2.50. The molecule has 4 atom stereocenters. The van der Waals surface area contributed by atoms with Crippen LogP contribution in [-0.4, -0.2) is 93.2 Å². The Morgan fingerprint density at radius 2 is 1.75 bits per heavy atom. The second-order valence-corrected chi connectivity index (χ2v) is 12.6. The highest BCUT2D eigenvalue weighted by atomic mass is 32.2. The fraction of sp³-hybridized carbons (Fsp3) is 0.571. The lowest BCUT2D eigenvalue weighted by molar-refractivity contribution is -0.213. The van der Waals surface area contributed by atoms with Gasteiger partial charge in [0.2, 0.25) is 0 Å². The number of para-hydroxylation sites is 1. The molecule has 0 saturated carbocycles. The molecule has 0 unspecified atom stereocenters. The Kier molecular flexibility index (Phi) is 9.82. The molecule has 2 fully saturated rings. The lowest BCUT2D eigenvalue weighted by atomic mass is 9.96. The van der Waals surface area contributed by atoms with Gasteiger partial charge in [0.15, 0.2) is 23.5 Å². The van der Waals surface area contributed by atoms with E-state index >= 15 is 0 Å². The van der Waals surface area contributed by atoms with E-state index in [0.717, 1.165) is 0 Å². The molecule has 0 radical (unpaired) electrons. The maximum absolute atomic E-state index is 12.8. The van der Waals surface area contributed by atoms with E-state index in [9.17, 15) is 18.3 Å². The maximum Gasteiger partial charge on any atom is 0.363 e. The zero-order valence-corrected chi connectivity index (χ0v) is 26.7. The number of anilines is 1. The Bertz CT molecular complexity index is 1570. The minimum Gasteiger partial charge on any atom is -0.507 e. The molecule has 2 aliphatic heterocycles. The van der Waals surface area contributed by atoms with Crippen LogP contribution in [0.2, 0.25) is 0 Å². The summed E-state index contributed by atoms with van der Waals surface area (Å²) in [5.41, 5.74) is 4.90. The molecule has 0 bridgehead atoms. The monoisotopic (exact) mass is 635 g/mol. The van der Waals surface area contributed by atoms with Crippen molar-refractivity contribution in [3.8, 4) is 5.75 Å². The predicted molar refractivity (Wildman–Crippen MR) is 161 cm³/mol. The van der Waals surface area contributed by atoms with Crippen LogP contribution in [0.3, 0.4) is 0 Å². The first-order valence-corrected chi connectivity index (χ1v) is 15.8. The molecular formula is C28H41N7O8S. The van der Waals surface area contributed by atoms with Crippen LogP contribution in [0.15, 0.2) is 36.9 Å². The molecule has 0 aliphatic carbocycles. The molecule has 5 rings (SSSR count). The zero-order chi connectivity index (χ0) is 32.4. The topological polar surface area (TPSA) is 193 Å². The first-order chi connectivity index (χ1) is 20.6. The highest BCUT2D eigenvalue weighted by Crippen LogP contribution is 2.47. The lowest BCUT2D eigenvalue weighted by Gasteiger charge is -2.33. The van der Waals surface area contributed by atoms with E-state index in [-0.39, 0.29) is 17.1 Å². The number of benzene rings is 1. The van der Waals surface area contributed by atoms with Crippen molar-refractivity contribution in [1.82, 2.24) is 29.1 Å². The summed E-state index contributed by atoms with van der Waals surface area (Å²) in [6, 6.07) is 5.52. The molecule has 3 aromatic rings. The van der Waals surface area contributed by atoms with E-state index in [1.165, 1.54) is 70.4 Å². The van der Waals surface area contributed by atoms with Gasteiger partial charge in [-0.3, -0.25) is 9.36 Å². The van der Waals surface area contributed by atoms with Crippen molar-refractivity contribution in [2.24, 2.45) is 0 Å². The minimum absolute atomic E-state index is 0.189. The van der Waals surface area contributed by atoms with E-state index in [2.05, 4.69) is 40.6 Å². The molecule has 2 saturated heterocycles. The molecule has 0 spiro atoms. The van der Waals surface area contributed by atoms with Crippen molar-refractivity contribution < 1.29 is 36.7 Å². The van der Waals surface area contributed by atoms with Crippen molar-refractivity contribution >= 4 is 33.2 Å². The van der Waals surface area contributed by atoms with E-state index in [1.807, 2.05) is 4.72 Å². The largest absolute Gasteiger partial charge is 0.507 e. The number of hydrogen-bond donors (Lipinski definition) is 3. The van der Waals surface area contributed by atoms with Gasteiger partial charge < -0.3 is 30.0 Å². The summed E-state index contributed by atoms with van der Waals surface area (Å²) in [5, 5.41) is 9.88. The van der Waals surface area contributed by atoms with Crippen LogP contribution < -0.4 is 10.5 Å². The van der Waals surface area contributed by atoms with Gasteiger partial charge in [-0.2, -0.15) is 8.42 Å². The van der Waals surface area contributed by atoms with Crippen LogP contribution in [0.25, 0.3) is 11.2 Å². The average Bonchev–Trinajstić information content (AvgIpc) is 3.60. The normalized spacial score (nSPS) is 22.9. The quantitative estimate of drug-likeness (QED) is 0.310. The van der Waals surface area contributed by atoms with Crippen molar-refractivity contribution in [2.45, 2.75) is 84.4 Å². The molecule has 2 aromatic heterocycles. The Hall–Kier alpha value is -3.41. The molecule has 15 nitrogen and oxygen atoms in total. The number of imidazole rings is 1. The summed E-state index contributed by atoms with van der Waals surface area (Å²) in [7, 11) is -4.65. The van der Waals surface area contributed by atoms with Gasteiger partial charge in [-0.05, 0) is 59.5 Å². The van der Waals surface area contributed by atoms with Crippen molar-refractivity contribution in [3.63, 3.8) is 0 Å². The summed E-state index contributed by atoms with van der Waals surface area (Å²) >= 11 is 0. The van der Waals surface area contributed by atoms with E-state index in [4.69, 9.17) is 24.1 Å². The van der Waals surface area contributed by atoms with Crippen molar-refractivity contribution in [3.05, 3.63) is 42.5 Å². The molecular weight excluding hydrogens is 594 g/mol. The number of phenols is 1. The molecule has 242 valence electrons. The predicted octanol–water partition coefficient (Wildman–Crippen LogP) is 2.35. The average molecular weight is 636 g/mol. The summed E-state index contributed by atoms with van der Waals surface area (Å²) in [4.78, 5) is 27.3. The Morgan fingerprint density at radius 3 is 2.36 bits per heavy atom. The third-order valence-corrected chi connectivity index (χ3v) is 8.49. The zero-order valence-electron chi connectivity index (χ0n) is 25.9. The van der Waals surface area contributed by atoms with Gasteiger partial charge in [-0.15, -0.1) is 0 Å². The molecule has 44 heavy (non-hydrogen) atoms. The van der Waals surface area contributed by atoms with Crippen LogP contribution in [0.1, 0.15) is 65.1 Å². The second-order valence-electron chi connectivity index (χ2n) is 11.3. The maximum atomic E-state index is 12.8. The minimum atomic E-state index is -4.65. The SMILES string of the molecule is CC1(C)O[C@@H]2[C@H](O1)[C@@H](C(C)(C)OS(=O)(=O)NC(=O)c1ccccc1O)O[C@H]2n1cnc2c(N)ncnc21.CCN(CC)CC. The third kappa shape index (κ3) is 7.11. The van der Waals surface area contributed by atoms with E-state index < -0.39 is 52.1 Å². The number of fused-ring (bicyclic) bond motifs is 2. The van der Waals surface area contributed by atoms with Crippen LogP contribution in [0, 0.1) is 0 Å². The highest BCUT2D eigenvalue weighted by molar-refractivity contribution is 7.85. The number of nitrogens with two attached hydrogens (primary N) is 1. The number of nitrogen functional groups attached to an aromatic ring is 1. The molecule has 4 N–H and O–H groups in total. The van der Waals surface area contributed by atoms with Gasteiger partial charge in [-0.1, -0.05) is 32.9 Å². The fourth-order valence-corrected chi connectivity index (χ4v) is 6.31. The number of ether oxygens (including phenoxy) is 3. The third-order valence-electron chi connectivity index (χ3n) is 7.41. The number of nitrogens with zero attached hydrogens (tertiary/aromatic N) is 5. The van der Waals surface area contributed by atoms with Crippen LogP contribution in [0.4, 0.5) is 5.82 Å². The van der Waals surface area contributed by atoms with E-state index in [1.54, 1.807) is 18.4 Å². The standard InChI is InChI=1S/C22H26N6O8S.C6H15N/c1-21(2,36-37(31,32)27-19(30)11-7-5-6-8-12(11)29)16-14-15(35-22(3,4)34-14)20(33-16)28-10-26-13-17(23)24-9-25-18(13)28;1-4-7(5-2)6-3/h5-10,14-16,20,29H,1-4H3,(H,27,30)(H2,23,24,25);4-6H2,1-3H3/t14-,15+,16-,20+;/m0./s1. The molecule has 1 amide bonds. The number of aromatic nitrogens is 4. The first-order valence-electron chi connectivity index (χ1n) is 14.3. The number of carbonyl (C=O) groups excluding carboxylic acids is 1. The number of nitrogens with one attached hydrogen (secondary N) is 1. The first kappa shape index (κ1) is 33.5. The van der Waals surface area contributed by atoms with E-state index in [0.29, 0.717) is 11.2 Å². The summed E-state index contributed by atoms with van der Waals surface area (Å²) in [6.45, 7) is 16.6. The van der Waals surface area contributed by atoms with Gasteiger partial charge in [-0.25, -0.2) is 23.9 Å². The van der Waals surface area contributed by atoms with Gasteiger partial charge in [0.25, 0.3) is 5.91 Å². The van der Waals surface area contributed by atoms with Crippen molar-refractivity contribution in [1.29, 1.82) is 0 Å². The highest BCUT2D eigenvalue weighted by Gasteiger charge is 2.61. The van der Waals surface area contributed by atoms with Gasteiger partial charge in [0.05, 0.1) is 11.9 Å². The molecule has 16 heteroatoms. The Morgan fingerprint density at radius 1 is 1.11 bits per heavy atom. The van der Waals surface area contributed by atoms with Crippen LogP contribution in [0.5, 0.6) is 5.75 Å². The van der Waals surface area contributed by atoms with Gasteiger partial charge in [0, 0.05) is 0 Å². The summed E-state index contributed by atoms with van der Waals surface area (Å²) < 4.78 is 53.0. The molecule has 2 aliphatic rings. The number of phenolic OH excluding ortho intramolecular Hbond substituents is 1. The Labute approximate surface area is 256 Å². The Balaban J connectivity index is 0.000000566. The number of amides is 1. The molecule has 1 aromatic carbocycles. The number of rotatable bonds is 9. The van der Waals surface area contributed by atoms with Gasteiger partial charge in [0.1, 0.15) is 41.5 Å². The van der Waals surface area contributed by atoms with Crippen LogP contribution >= 0.6 is 0 Å². The summed E-state index contributed by atoms with van der Waals surface area (Å²) in [6.07, 6.45) is -0.463. The number of carbonyl (C=O) groups is 1. The number of hydrogen-bond acceptors (Lipinski definition) is 13.